The number of carboxylic acids is 1. The van der Waals surface area contributed by atoms with Gasteiger partial charge in [0.05, 0.1) is 4.92 Å². The van der Waals surface area contributed by atoms with Crippen LogP contribution in [0.25, 0.3) is 6.08 Å². The Bertz CT molecular complexity index is 817. The molecule has 2 N–H and O–H groups in total. The highest BCUT2D eigenvalue weighted by Gasteiger charge is 2.17. The maximum Gasteiger partial charge on any atom is 0.412 e. The predicted octanol–water partition coefficient (Wildman–Crippen LogP) is 3.44. The molecular formula is C17H14N2O6. The average Bonchev–Trinajstić information content (AvgIpc) is 2.59. The number of carbonyl (C=O) groups excluding carboxylic acids is 1. The summed E-state index contributed by atoms with van der Waals surface area (Å²) in [6, 6.07) is 12.9. The van der Waals surface area contributed by atoms with Crippen molar-refractivity contribution in [3.63, 3.8) is 0 Å². The van der Waals surface area contributed by atoms with Crippen LogP contribution < -0.4 is 5.32 Å². The summed E-state index contributed by atoms with van der Waals surface area (Å²) in [4.78, 5) is 32.8. The van der Waals surface area contributed by atoms with Crippen molar-refractivity contribution in [1.29, 1.82) is 0 Å². The van der Waals surface area contributed by atoms with Crippen LogP contribution in [0, 0.1) is 10.1 Å². The van der Waals surface area contributed by atoms with Gasteiger partial charge in [-0.05, 0) is 23.3 Å². The Balaban J connectivity index is 2.08. The lowest BCUT2D eigenvalue weighted by molar-refractivity contribution is -0.383. The summed E-state index contributed by atoms with van der Waals surface area (Å²) in [5.74, 6) is -1.17. The summed E-state index contributed by atoms with van der Waals surface area (Å²) < 4.78 is 5.01. The van der Waals surface area contributed by atoms with E-state index in [0.717, 1.165) is 17.7 Å². The fraction of sp³-hybridized carbons (Fsp3) is 0.0588. The van der Waals surface area contributed by atoms with Gasteiger partial charge < -0.3 is 9.84 Å². The van der Waals surface area contributed by atoms with Crippen LogP contribution in [0.5, 0.6) is 0 Å². The largest absolute Gasteiger partial charge is 0.478 e. The van der Waals surface area contributed by atoms with E-state index in [2.05, 4.69) is 5.32 Å². The predicted molar refractivity (Wildman–Crippen MR) is 90.0 cm³/mol. The Morgan fingerprint density at radius 1 is 1.20 bits per heavy atom. The van der Waals surface area contributed by atoms with Crippen molar-refractivity contribution in [1.82, 2.24) is 0 Å². The van der Waals surface area contributed by atoms with E-state index in [4.69, 9.17) is 9.84 Å². The summed E-state index contributed by atoms with van der Waals surface area (Å²) in [5, 5.41) is 22.0. The van der Waals surface area contributed by atoms with Gasteiger partial charge in [0, 0.05) is 12.1 Å². The van der Waals surface area contributed by atoms with E-state index in [9.17, 15) is 19.7 Å². The van der Waals surface area contributed by atoms with Gasteiger partial charge in [0.1, 0.15) is 12.3 Å². The number of aliphatic carboxylic acids is 1. The number of nitro groups is 1. The minimum atomic E-state index is -1.17. The van der Waals surface area contributed by atoms with Crippen LogP contribution >= 0.6 is 0 Å². The first-order valence-electron chi connectivity index (χ1n) is 7.13. The average molecular weight is 342 g/mol. The maximum absolute atomic E-state index is 11.8. The monoisotopic (exact) mass is 342 g/mol. The normalized spacial score (nSPS) is 10.4. The Morgan fingerprint density at radius 3 is 2.56 bits per heavy atom. The molecule has 1 amide bonds. The van der Waals surface area contributed by atoms with Crippen LogP contribution in [0.2, 0.25) is 0 Å². The third-order valence-electron chi connectivity index (χ3n) is 3.09. The first-order chi connectivity index (χ1) is 12.0. The quantitative estimate of drug-likeness (QED) is 0.471. The number of nitrogens with zero attached hydrogens (tertiary/aromatic N) is 1. The highest BCUT2D eigenvalue weighted by atomic mass is 16.6. The lowest BCUT2D eigenvalue weighted by Gasteiger charge is -2.08. The molecule has 2 aromatic carbocycles. The van der Waals surface area contributed by atoms with E-state index in [1.165, 1.54) is 18.2 Å². The van der Waals surface area contributed by atoms with E-state index in [0.29, 0.717) is 5.56 Å². The Morgan fingerprint density at radius 2 is 1.92 bits per heavy atom. The number of nitrogens with one attached hydrogen (secondary N) is 1. The van der Waals surface area contributed by atoms with Crippen molar-refractivity contribution >= 4 is 29.5 Å². The zero-order valence-electron chi connectivity index (χ0n) is 12.9. The highest BCUT2D eigenvalue weighted by Crippen LogP contribution is 2.26. The van der Waals surface area contributed by atoms with Crippen LogP contribution in [0.4, 0.5) is 16.2 Å². The molecule has 0 aromatic heterocycles. The molecule has 8 nitrogen and oxygen atoms in total. The van der Waals surface area contributed by atoms with Crippen molar-refractivity contribution < 1.29 is 24.4 Å². The molecule has 2 rings (SSSR count). The van der Waals surface area contributed by atoms with Crippen LogP contribution in [0.3, 0.4) is 0 Å². The van der Waals surface area contributed by atoms with Gasteiger partial charge >= 0.3 is 12.1 Å². The van der Waals surface area contributed by atoms with E-state index in [-0.39, 0.29) is 18.0 Å². The van der Waals surface area contributed by atoms with Crippen LogP contribution in [-0.4, -0.2) is 22.1 Å². The number of carbonyl (C=O) groups is 2. The van der Waals surface area contributed by atoms with Gasteiger partial charge in [-0.15, -0.1) is 0 Å². The fourth-order valence-electron chi connectivity index (χ4n) is 1.95. The Hall–Kier alpha value is -3.68. The number of hydrogen-bond donors (Lipinski definition) is 2. The van der Waals surface area contributed by atoms with E-state index in [1.54, 1.807) is 24.3 Å². The van der Waals surface area contributed by atoms with E-state index < -0.39 is 17.0 Å². The molecule has 0 heterocycles. The molecule has 128 valence electrons. The summed E-state index contributed by atoms with van der Waals surface area (Å²) >= 11 is 0. The number of hydrogen-bond acceptors (Lipinski definition) is 5. The standard InChI is InChI=1S/C17H14N2O6/c20-16(21)9-7-12-6-8-14(15(10-12)19(23)24)18-17(22)25-11-13-4-2-1-3-5-13/h1-10H,11H2,(H,18,22)(H,20,21)/b9-7+. The number of amides is 1. The fourth-order valence-corrected chi connectivity index (χ4v) is 1.95. The number of rotatable bonds is 6. The molecule has 0 saturated carbocycles. The molecule has 0 aliphatic carbocycles. The van der Waals surface area contributed by atoms with E-state index >= 15 is 0 Å². The SMILES string of the molecule is O=C(O)/C=C/c1ccc(NC(=O)OCc2ccccc2)c([N+](=O)[O-])c1. The molecule has 0 aliphatic rings. The van der Waals surface area contributed by atoms with Crippen molar-refractivity contribution in [2.75, 3.05) is 5.32 Å². The van der Waals surface area contributed by atoms with Crippen molar-refractivity contribution in [2.24, 2.45) is 0 Å². The zero-order chi connectivity index (χ0) is 18.2. The van der Waals surface area contributed by atoms with Gasteiger partial charge in [0.25, 0.3) is 5.69 Å². The molecule has 0 spiro atoms. The van der Waals surface area contributed by atoms with Gasteiger partial charge in [-0.3, -0.25) is 15.4 Å². The summed E-state index contributed by atoms with van der Waals surface area (Å²) in [6.07, 6.45) is 1.24. The van der Waals surface area contributed by atoms with Gasteiger partial charge in [-0.1, -0.05) is 36.4 Å². The molecule has 0 unspecified atom stereocenters. The molecule has 25 heavy (non-hydrogen) atoms. The minimum Gasteiger partial charge on any atom is -0.478 e. The summed E-state index contributed by atoms with van der Waals surface area (Å²) in [7, 11) is 0. The van der Waals surface area contributed by atoms with Gasteiger partial charge in [-0.2, -0.15) is 0 Å². The highest BCUT2D eigenvalue weighted by molar-refractivity contribution is 5.89. The smallest absolute Gasteiger partial charge is 0.412 e. The number of carboxylic acid groups (broad SMARTS) is 1. The molecule has 2 aromatic rings. The molecule has 0 saturated heterocycles. The Kier molecular flexibility index (Phi) is 5.83. The number of benzene rings is 2. The lowest BCUT2D eigenvalue weighted by atomic mass is 10.1. The molecular weight excluding hydrogens is 328 g/mol. The minimum absolute atomic E-state index is 0.0277. The summed E-state index contributed by atoms with van der Waals surface area (Å²) in [6.45, 7) is 0.0277. The van der Waals surface area contributed by atoms with Crippen molar-refractivity contribution in [3.05, 3.63) is 75.8 Å². The number of nitro benzene ring substituents is 1. The van der Waals surface area contributed by atoms with Gasteiger partial charge in [-0.25, -0.2) is 9.59 Å². The summed E-state index contributed by atoms with van der Waals surface area (Å²) in [5.41, 5.74) is 0.679. The van der Waals surface area contributed by atoms with Crippen LogP contribution in [0.1, 0.15) is 11.1 Å². The second kappa shape index (κ2) is 8.25. The molecule has 0 bridgehead atoms. The second-order valence-corrected chi connectivity index (χ2v) is 4.89. The zero-order valence-corrected chi connectivity index (χ0v) is 12.9. The third kappa shape index (κ3) is 5.47. The lowest BCUT2D eigenvalue weighted by Crippen LogP contribution is -2.14. The molecule has 0 fully saturated rings. The Labute approximate surface area is 142 Å². The first kappa shape index (κ1) is 17.7. The first-order valence-corrected chi connectivity index (χ1v) is 7.13. The number of ether oxygens (including phenoxy) is 1. The second-order valence-electron chi connectivity index (χ2n) is 4.89. The molecule has 8 heteroatoms. The molecule has 0 aliphatic heterocycles. The van der Waals surface area contributed by atoms with Gasteiger partial charge in [0.15, 0.2) is 0 Å². The van der Waals surface area contributed by atoms with E-state index in [1.807, 2.05) is 6.07 Å². The molecule has 0 atom stereocenters. The third-order valence-corrected chi connectivity index (χ3v) is 3.09. The maximum atomic E-state index is 11.8. The topological polar surface area (TPSA) is 119 Å². The van der Waals surface area contributed by atoms with Gasteiger partial charge in [0.2, 0.25) is 0 Å². The number of anilines is 1. The van der Waals surface area contributed by atoms with Crippen LogP contribution in [0.15, 0.2) is 54.6 Å². The van der Waals surface area contributed by atoms with Crippen molar-refractivity contribution in [3.8, 4) is 0 Å². The van der Waals surface area contributed by atoms with Crippen LogP contribution in [-0.2, 0) is 16.1 Å². The van der Waals surface area contributed by atoms with Crippen molar-refractivity contribution in [2.45, 2.75) is 6.61 Å². The molecule has 0 radical (unpaired) electrons.